The highest BCUT2D eigenvalue weighted by Gasteiger charge is 2.30. The molecule has 0 unspecified atom stereocenters. The fourth-order valence-electron chi connectivity index (χ4n) is 3.21. The number of amides is 1. The van der Waals surface area contributed by atoms with Crippen molar-refractivity contribution in [1.29, 1.82) is 0 Å². The highest BCUT2D eigenvalue weighted by molar-refractivity contribution is 6.35. The van der Waals surface area contributed by atoms with Crippen LogP contribution in [0.4, 0.5) is 17.1 Å². The highest BCUT2D eigenvalue weighted by Crippen LogP contribution is 2.35. The third-order valence-corrected chi connectivity index (χ3v) is 5.05. The lowest BCUT2D eigenvalue weighted by molar-refractivity contribution is -0.393. The summed E-state index contributed by atoms with van der Waals surface area (Å²) < 4.78 is 5.36. The monoisotopic (exact) mass is 420 g/mol. The average molecular weight is 421 g/mol. The standard InChI is InChI=1S/C18H17ClN4O6/c1-29-16-5-3-2-4-13(16)20-6-8-21(9-7-20)18(24)12-10-14(22(25)26)17(19)15(11-12)23(27)28/h2-5,10-11H,6-9H2,1H3. The maximum absolute atomic E-state index is 12.8. The quantitative estimate of drug-likeness (QED) is 0.538. The van der Waals surface area contributed by atoms with Gasteiger partial charge in [0.1, 0.15) is 5.75 Å². The molecule has 0 N–H and O–H groups in total. The highest BCUT2D eigenvalue weighted by atomic mass is 35.5. The first kappa shape index (κ1) is 20.3. The largest absolute Gasteiger partial charge is 0.495 e. The number of rotatable bonds is 5. The Kier molecular flexibility index (Phi) is 5.83. The zero-order chi connectivity index (χ0) is 21.1. The van der Waals surface area contributed by atoms with E-state index in [9.17, 15) is 25.0 Å². The van der Waals surface area contributed by atoms with Gasteiger partial charge in [-0.25, -0.2) is 0 Å². The number of carbonyl (C=O) groups excluding carboxylic acids is 1. The number of halogens is 1. The first-order valence-corrected chi connectivity index (χ1v) is 9.01. The van der Waals surface area contributed by atoms with Gasteiger partial charge in [0.25, 0.3) is 17.3 Å². The number of para-hydroxylation sites is 2. The number of anilines is 1. The second kappa shape index (κ2) is 8.31. The van der Waals surface area contributed by atoms with Gasteiger partial charge >= 0.3 is 0 Å². The van der Waals surface area contributed by atoms with Gasteiger partial charge in [0.15, 0.2) is 5.02 Å². The van der Waals surface area contributed by atoms with Crippen LogP contribution in [0.15, 0.2) is 36.4 Å². The topological polar surface area (TPSA) is 119 Å². The fraction of sp³-hybridized carbons (Fsp3) is 0.278. The van der Waals surface area contributed by atoms with Crippen molar-refractivity contribution < 1.29 is 19.4 Å². The lowest BCUT2D eigenvalue weighted by Crippen LogP contribution is -2.48. The van der Waals surface area contributed by atoms with Crippen LogP contribution in [0, 0.1) is 20.2 Å². The Bertz CT molecular complexity index is 940. The Morgan fingerprint density at radius 2 is 1.59 bits per heavy atom. The van der Waals surface area contributed by atoms with Crippen LogP contribution in [0.2, 0.25) is 5.02 Å². The molecule has 0 aliphatic carbocycles. The van der Waals surface area contributed by atoms with E-state index in [1.54, 1.807) is 7.11 Å². The second-order valence-electron chi connectivity index (χ2n) is 6.29. The summed E-state index contributed by atoms with van der Waals surface area (Å²) in [5.74, 6) is 0.198. The number of nitro groups is 2. The smallest absolute Gasteiger partial charge is 0.295 e. The zero-order valence-corrected chi connectivity index (χ0v) is 16.2. The van der Waals surface area contributed by atoms with Gasteiger partial charge in [0.05, 0.1) is 28.2 Å². The Morgan fingerprint density at radius 3 is 2.10 bits per heavy atom. The summed E-state index contributed by atoms with van der Waals surface area (Å²) in [4.78, 5) is 37.0. The van der Waals surface area contributed by atoms with Gasteiger partial charge in [0, 0.05) is 38.3 Å². The molecule has 10 nitrogen and oxygen atoms in total. The predicted molar refractivity (Wildman–Crippen MR) is 106 cm³/mol. The number of ether oxygens (including phenoxy) is 1. The SMILES string of the molecule is COc1ccccc1N1CCN(C(=O)c2cc([N+](=O)[O-])c(Cl)c([N+](=O)[O-])c2)CC1. The summed E-state index contributed by atoms with van der Waals surface area (Å²) in [6.07, 6.45) is 0. The molecule has 152 valence electrons. The third-order valence-electron chi connectivity index (χ3n) is 4.67. The molecule has 0 atom stereocenters. The summed E-state index contributed by atoms with van der Waals surface area (Å²) in [6, 6.07) is 9.47. The van der Waals surface area contributed by atoms with Gasteiger partial charge in [-0.15, -0.1) is 0 Å². The minimum Gasteiger partial charge on any atom is -0.495 e. The molecule has 2 aromatic carbocycles. The number of nitrogens with zero attached hydrogens (tertiary/aromatic N) is 4. The number of carbonyl (C=O) groups is 1. The summed E-state index contributed by atoms with van der Waals surface area (Å²) in [5.41, 5.74) is -0.577. The van der Waals surface area contributed by atoms with Crippen molar-refractivity contribution in [3.05, 3.63) is 67.2 Å². The van der Waals surface area contributed by atoms with Crippen LogP contribution in [-0.2, 0) is 0 Å². The molecule has 1 fully saturated rings. The minimum atomic E-state index is -0.842. The second-order valence-corrected chi connectivity index (χ2v) is 6.67. The molecule has 29 heavy (non-hydrogen) atoms. The van der Waals surface area contributed by atoms with Crippen molar-refractivity contribution in [2.45, 2.75) is 0 Å². The maximum atomic E-state index is 12.8. The Balaban J connectivity index is 1.80. The van der Waals surface area contributed by atoms with E-state index in [1.807, 2.05) is 24.3 Å². The maximum Gasteiger partial charge on any atom is 0.295 e. The van der Waals surface area contributed by atoms with Crippen molar-refractivity contribution in [3.8, 4) is 5.75 Å². The van der Waals surface area contributed by atoms with E-state index in [1.165, 1.54) is 4.90 Å². The van der Waals surface area contributed by atoms with Crippen LogP contribution in [0.25, 0.3) is 0 Å². The molecule has 3 rings (SSSR count). The molecular weight excluding hydrogens is 404 g/mol. The molecule has 1 heterocycles. The summed E-state index contributed by atoms with van der Waals surface area (Å²) >= 11 is 5.75. The molecule has 0 radical (unpaired) electrons. The van der Waals surface area contributed by atoms with Gasteiger partial charge < -0.3 is 14.5 Å². The first-order valence-electron chi connectivity index (χ1n) is 8.63. The van der Waals surface area contributed by atoms with Crippen molar-refractivity contribution in [2.75, 3.05) is 38.2 Å². The number of methoxy groups -OCH3 is 1. The lowest BCUT2D eigenvalue weighted by atomic mass is 10.1. The summed E-state index contributed by atoms with van der Waals surface area (Å²) in [7, 11) is 1.58. The van der Waals surface area contributed by atoms with Crippen molar-refractivity contribution in [3.63, 3.8) is 0 Å². The van der Waals surface area contributed by atoms with Gasteiger partial charge in [-0.05, 0) is 12.1 Å². The molecule has 1 amide bonds. The van der Waals surface area contributed by atoms with E-state index in [4.69, 9.17) is 16.3 Å². The van der Waals surface area contributed by atoms with E-state index >= 15 is 0 Å². The Labute approximate surface area is 170 Å². The minimum absolute atomic E-state index is 0.140. The van der Waals surface area contributed by atoms with E-state index in [-0.39, 0.29) is 5.56 Å². The summed E-state index contributed by atoms with van der Waals surface area (Å²) in [5, 5.41) is 21.7. The number of hydrogen-bond donors (Lipinski definition) is 0. The Morgan fingerprint density at radius 1 is 1.03 bits per heavy atom. The van der Waals surface area contributed by atoms with Crippen LogP contribution in [0.5, 0.6) is 5.75 Å². The first-order chi connectivity index (χ1) is 13.8. The van der Waals surface area contributed by atoms with E-state index in [0.29, 0.717) is 26.2 Å². The summed E-state index contributed by atoms with van der Waals surface area (Å²) in [6.45, 7) is 1.73. The van der Waals surface area contributed by atoms with Crippen LogP contribution < -0.4 is 9.64 Å². The van der Waals surface area contributed by atoms with Crippen LogP contribution >= 0.6 is 11.6 Å². The van der Waals surface area contributed by atoms with E-state index in [2.05, 4.69) is 4.90 Å². The third kappa shape index (κ3) is 4.06. The molecule has 2 aromatic rings. The number of piperazine rings is 1. The van der Waals surface area contributed by atoms with Crippen molar-refractivity contribution in [1.82, 2.24) is 4.90 Å². The molecule has 0 bridgehead atoms. The fourth-order valence-corrected chi connectivity index (χ4v) is 3.45. The van der Waals surface area contributed by atoms with Crippen molar-refractivity contribution in [2.24, 2.45) is 0 Å². The van der Waals surface area contributed by atoms with Crippen LogP contribution in [-0.4, -0.2) is 53.9 Å². The molecule has 1 aliphatic rings. The van der Waals surface area contributed by atoms with Crippen LogP contribution in [0.1, 0.15) is 10.4 Å². The molecule has 0 spiro atoms. The van der Waals surface area contributed by atoms with Gasteiger partial charge in [-0.3, -0.25) is 25.0 Å². The van der Waals surface area contributed by atoms with Crippen LogP contribution in [0.3, 0.4) is 0 Å². The number of benzene rings is 2. The normalized spacial score (nSPS) is 13.9. The Hall–Kier alpha value is -3.40. The predicted octanol–water partition coefficient (Wildman–Crippen LogP) is 3.13. The molecule has 0 saturated carbocycles. The van der Waals surface area contributed by atoms with E-state index in [0.717, 1.165) is 23.6 Å². The van der Waals surface area contributed by atoms with Crippen molar-refractivity contribution >= 4 is 34.6 Å². The lowest BCUT2D eigenvalue weighted by Gasteiger charge is -2.36. The van der Waals surface area contributed by atoms with Gasteiger partial charge in [-0.1, -0.05) is 23.7 Å². The average Bonchev–Trinajstić information content (AvgIpc) is 2.73. The molecule has 1 aliphatic heterocycles. The molecule has 11 heteroatoms. The van der Waals surface area contributed by atoms with Gasteiger partial charge in [-0.2, -0.15) is 0 Å². The zero-order valence-electron chi connectivity index (χ0n) is 15.4. The molecule has 1 saturated heterocycles. The molecule has 0 aromatic heterocycles. The van der Waals surface area contributed by atoms with Gasteiger partial charge in [0.2, 0.25) is 0 Å². The number of hydrogen-bond acceptors (Lipinski definition) is 7. The number of nitro benzene ring substituents is 2. The van der Waals surface area contributed by atoms with E-state index < -0.39 is 32.2 Å². The molecular formula is C18H17ClN4O6.